The number of hydrogen-bond donors (Lipinski definition) is 0. The standard InChI is InChI=1S/C22H40O2P2/c1-5-9-16-25(23,17-10-6-2)21-14-13-15-22(20-21)26(24,18-11-7-3)19-12-8-4/h13-15,20H,5-12,16-19H2,1-4H3. The average molecular weight is 399 g/mol. The smallest absolute Gasteiger partial charge is 0.115 e. The molecular formula is C22H40O2P2. The van der Waals surface area contributed by atoms with Crippen molar-refractivity contribution in [3.8, 4) is 0 Å². The summed E-state index contributed by atoms with van der Waals surface area (Å²) < 4.78 is 27.5. The van der Waals surface area contributed by atoms with Crippen molar-refractivity contribution in [3.05, 3.63) is 24.3 Å². The van der Waals surface area contributed by atoms with Gasteiger partial charge in [-0.1, -0.05) is 71.6 Å². The topological polar surface area (TPSA) is 34.1 Å². The Morgan fingerprint density at radius 2 is 0.923 bits per heavy atom. The molecule has 150 valence electrons. The lowest BCUT2D eigenvalue weighted by atomic mass is 10.4. The Balaban J connectivity index is 3.21. The molecule has 0 aliphatic rings. The summed E-state index contributed by atoms with van der Waals surface area (Å²) >= 11 is 0. The van der Waals surface area contributed by atoms with Gasteiger partial charge in [0.25, 0.3) is 0 Å². The third-order valence-electron chi connectivity index (χ3n) is 5.26. The molecule has 0 spiro atoms. The lowest BCUT2D eigenvalue weighted by Gasteiger charge is -2.22. The fraction of sp³-hybridized carbons (Fsp3) is 0.727. The van der Waals surface area contributed by atoms with E-state index in [1.165, 1.54) is 0 Å². The van der Waals surface area contributed by atoms with Gasteiger partial charge in [-0.2, -0.15) is 0 Å². The Hall–Kier alpha value is -0.320. The largest absolute Gasteiger partial charge is 0.319 e. The maximum absolute atomic E-state index is 13.8. The van der Waals surface area contributed by atoms with Crippen LogP contribution in [0.4, 0.5) is 0 Å². The van der Waals surface area contributed by atoms with Gasteiger partial charge >= 0.3 is 0 Å². The first kappa shape index (κ1) is 23.7. The Kier molecular flexibility index (Phi) is 11.1. The quantitative estimate of drug-likeness (QED) is 0.321. The lowest BCUT2D eigenvalue weighted by molar-refractivity contribution is 0.576. The molecule has 0 amide bonds. The molecule has 0 N–H and O–H groups in total. The van der Waals surface area contributed by atoms with Crippen LogP contribution in [0.2, 0.25) is 0 Å². The molecule has 0 heterocycles. The van der Waals surface area contributed by atoms with Crippen molar-refractivity contribution in [3.63, 3.8) is 0 Å². The fourth-order valence-corrected chi connectivity index (χ4v) is 9.75. The minimum absolute atomic E-state index is 0.793. The van der Waals surface area contributed by atoms with Gasteiger partial charge in [0.1, 0.15) is 14.3 Å². The van der Waals surface area contributed by atoms with E-state index in [9.17, 15) is 9.13 Å². The van der Waals surface area contributed by atoms with Crippen molar-refractivity contribution in [2.75, 3.05) is 24.6 Å². The molecule has 0 fully saturated rings. The molecule has 1 aromatic carbocycles. The van der Waals surface area contributed by atoms with Crippen LogP contribution in [-0.2, 0) is 9.13 Å². The van der Waals surface area contributed by atoms with Crippen LogP contribution in [0.15, 0.2) is 24.3 Å². The molecule has 1 aromatic rings. The molecule has 0 atom stereocenters. The van der Waals surface area contributed by atoms with E-state index in [0.29, 0.717) is 0 Å². The Morgan fingerprint density at radius 1 is 0.615 bits per heavy atom. The predicted octanol–water partition coefficient (Wildman–Crippen LogP) is 6.86. The highest BCUT2D eigenvalue weighted by Crippen LogP contribution is 2.49. The van der Waals surface area contributed by atoms with E-state index in [2.05, 4.69) is 33.8 Å². The summed E-state index contributed by atoms with van der Waals surface area (Å²) in [4.78, 5) is 0. The number of benzene rings is 1. The van der Waals surface area contributed by atoms with E-state index < -0.39 is 14.3 Å². The summed E-state index contributed by atoms with van der Waals surface area (Å²) in [7, 11) is -4.75. The van der Waals surface area contributed by atoms with E-state index in [-0.39, 0.29) is 0 Å². The first-order valence-corrected chi connectivity index (χ1v) is 14.9. The van der Waals surface area contributed by atoms with Crippen molar-refractivity contribution >= 4 is 24.9 Å². The predicted molar refractivity (Wildman–Crippen MR) is 120 cm³/mol. The zero-order valence-electron chi connectivity index (χ0n) is 17.5. The van der Waals surface area contributed by atoms with Crippen LogP contribution in [0.25, 0.3) is 0 Å². The highest BCUT2D eigenvalue weighted by molar-refractivity contribution is 7.73. The maximum atomic E-state index is 13.8. The van der Waals surface area contributed by atoms with Crippen LogP contribution in [-0.4, -0.2) is 24.6 Å². The summed E-state index contributed by atoms with van der Waals surface area (Å²) in [6, 6.07) is 8.12. The van der Waals surface area contributed by atoms with E-state index in [4.69, 9.17) is 0 Å². The first-order chi connectivity index (χ1) is 12.5. The van der Waals surface area contributed by atoms with Crippen molar-refractivity contribution in [1.82, 2.24) is 0 Å². The van der Waals surface area contributed by atoms with Crippen LogP contribution in [0, 0.1) is 0 Å². The van der Waals surface area contributed by atoms with Crippen molar-refractivity contribution < 1.29 is 9.13 Å². The van der Waals surface area contributed by atoms with E-state index in [1.54, 1.807) is 0 Å². The molecule has 4 heteroatoms. The second-order valence-corrected chi connectivity index (χ2v) is 14.0. The Labute approximate surface area is 162 Å². The minimum Gasteiger partial charge on any atom is -0.319 e. The van der Waals surface area contributed by atoms with E-state index in [0.717, 1.165) is 86.6 Å². The zero-order valence-corrected chi connectivity index (χ0v) is 19.3. The van der Waals surface area contributed by atoms with Crippen molar-refractivity contribution in [2.24, 2.45) is 0 Å². The molecule has 0 saturated heterocycles. The van der Waals surface area contributed by atoms with Gasteiger partial charge in [0.15, 0.2) is 0 Å². The van der Waals surface area contributed by atoms with Crippen LogP contribution in [0.5, 0.6) is 0 Å². The number of hydrogen-bond acceptors (Lipinski definition) is 2. The van der Waals surface area contributed by atoms with E-state index in [1.807, 2.05) is 18.2 Å². The van der Waals surface area contributed by atoms with Crippen LogP contribution < -0.4 is 10.6 Å². The van der Waals surface area contributed by atoms with Crippen LogP contribution in [0.1, 0.15) is 79.1 Å². The molecule has 0 unspecified atom stereocenters. The minimum atomic E-state index is -2.37. The van der Waals surface area contributed by atoms with Crippen LogP contribution >= 0.6 is 14.3 Å². The van der Waals surface area contributed by atoms with Gasteiger partial charge in [0.2, 0.25) is 0 Å². The maximum Gasteiger partial charge on any atom is 0.115 e. The van der Waals surface area contributed by atoms with Gasteiger partial charge < -0.3 is 9.13 Å². The third-order valence-corrected chi connectivity index (χ3v) is 11.9. The van der Waals surface area contributed by atoms with Gasteiger partial charge in [0, 0.05) is 35.3 Å². The molecule has 0 aromatic heterocycles. The molecule has 26 heavy (non-hydrogen) atoms. The lowest BCUT2D eigenvalue weighted by Crippen LogP contribution is -2.19. The van der Waals surface area contributed by atoms with Gasteiger partial charge in [-0.15, -0.1) is 0 Å². The molecule has 0 aliphatic carbocycles. The highest BCUT2D eigenvalue weighted by atomic mass is 31.2. The van der Waals surface area contributed by atoms with Crippen LogP contribution in [0.3, 0.4) is 0 Å². The summed E-state index contributed by atoms with van der Waals surface area (Å²) in [6.07, 6.45) is 11.5. The van der Waals surface area contributed by atoms with Gasteiger partial charge in [-0.3, -0.25) is 0 Å². The highest BCUT2D eigenvalue weighted by Gasteiger charge is 2.28. The second kappa shape index (κ2) is 12.2. The molecule has 0 saturated carbocycles. The Morgan fingerprint density at radius 3 is 1.19 bits per heavy atom. The number of rotatable bonds is 14. The summed E-state index contributed by atoms with van der Waals surface area (Å²) in [5.74, 6) is 0. The summed E-state index contributed by atoms with van der Waals surface area (Å²) in [6.45, 7) is 8.63. The summed E-state index contributed by atoms with van der Waals surface area (Å²) in [5.41, 5.74) is 0. The molecule has 1 rings (SSSR count). The third kappa shape index (κ3) is 7.01. The Bertz CT molecular complexity index is 537. The van der Waals surface area contributed by atoms with Crippen molar-refractivity contribution in [2.45, 2.75) is 79.1 Å². The van der Waals surface area contributed by atoms with E-state index >= 15 is 0 Å². The molecular weight excluding hydrogens is 358 g/mol. The second-order valence-electron chi connectivity index (χ2n) is 7.61. The average Bonchev–Trinajstić information content (AvgIpc) is 2.67. The zero-order chi connectivity index (χ0) is 19.5. The molecule has 0 radical (unpaired) electrons. The normalized spacial score (nSPS) is 12.5. The monoisotopic (exact) mass is 398 g/mol. The SMILES string of the molecule is CCCCP(=O)(CCCC)c1cccc(P(=O)(CCCC)CCCC)c1. The fourth-order valence-electron chi connectivity index (χ4n) is 3.39. The number of unbranched alkanes of at least 4 members (excludes halogenated alkanes) is 4. The first-order valence-electron chi connectivity index (χ1n) is 10.7. The van der Waals surface area contributed by atoms with Gasteiger partial charge in [-0.25, -0.2) is 0 Å². The van der Waals surface area contributed by atoms with Crippen molar-refractivity contribution in [1.29, 1.82) is 0 Å². The summed E-state index contributed by atoms with van der Waals surface area (Å²) in [5, 5.41) is 1.95. The van der Waals surface area contributed by atoms with Gasteiger partial charge in [0.05, 0.1) is 0 Å². The van der Waals surface area contributed by atoms with Gasteiger partial charge in [-0.05, 0) is 31.7 Å². The molecule has 2 nitrogen and oxygen atoms in total. The molecule has 0 aliphatic heterocycles. The molecule has 0 bridgehead atoms.